The largest absolute Gasteiger partial charge is 0.373 e. The number of hydrogen-bond donors (Lipinski definition) is 2. The van der Waals surface area contributed by atoms with Crippen LogP contribution in [0.2, 0.25) is 0 Å². The normalized spacial score (nSPS) is 21.1. The fourth-order valence-corrected chi connectivity index (χ4v) is 2.06. The molecule has 0 aromatic carbocycles. The predicted octanol–water partition coefficient (Wildman–Crippen LogP) is 1.73. The number of ether oxygens (including phenoxy) is 1. The molecule has 2 rings (SSSR count). The number of nitrogens with zero attached hydrogens (tertiary/aromatic N) is 2. The van der Waals surface area contributed by atoms with Gasteiger partial charge in [0.2, 0.25) is 0 Å². The van der Waals surface area contributed by atoms with Crippen molar-refractivity contribution >= 4 is 11.7 Å². The Kier molecular flexibility index (Phi) is 3.99. The maximum Gasteiger partial charge on any atom is 0.319 e. The Labute approximate surface area is 113 Å². The van der Waals surface area contributed by atoms with E-state index in [-0.39, 0.29) is 17.7 Å². The van der Waals surface area contributed by atoms with Crippen LogP contribution in [0.5, 0.6) is 0 Å². The lowest BCUT2D eigenvalue weighted by atomic mass is 9.99. The van der Waals surface area contributed by atoms with E-state index < -0.39 is 0 Å². The highest BCUT2D eigenvalue weighted by Crippen LogP contribution is 2.24. The summed E-state index contributed by atoms with van der Waals surface area (Å²) in [6.07, 6.45) is 4.83. The summed E-state index contributed by atoms with van der Waals surface area (Å²) in [5.74, 6) is 0.760. The van der Waals surface area contributed by atoms with Gasteiger partial charge in [0.05, 0.1) is 29.7 Å². The highest BCUT2D eigenvalue weighted by atomic mass is 16.5. The lowest BCUT2D eigenvalue weighted by Crippen LogP contribution is -2.47. The van der Waals surface area contributed by atoms with Crippen LogP contribution in [0, 0.1) is 0 Å². The second-order valence-corrected chi connectivity index (χ2v) is 5.13. The zero-order valence-electron chi connectivity index (χ0n) is 11.6. The van der Waals surface area contributed by atoms with Gasteiger partial charge in [0.15, 0.2) is 0 Å². The molecular weight excluding hydrogens is 244 g/mol. The molecule has 1 aliphatic rings. The highest BCUT2D eigenvalue weighted by Gasteiger charge is 2.36. The van der Waals surface area contributed by atoms with Crippen LogP contribution in [-0.4, -0.2) is 34.2 Å². The van der Waals surface area contributed by atoms with E-state index in [9.17, 15) is 4.79 Å². The zero-order chi connectivity index (χ0) is 13.9. The average molecular weight is 264 g/mol. The van der Waals surface area contributed by atoms with E-state index >= 15 is 0 Å². The van der Waals surface area contributed by atoms with E-state index in [2.05, 4.69) is 20.6 Å². The maximum atomic E-state index is 11.9. The number of nitrogens with one attached hydrogen (secondary N) is 2. The van der Waals surface area contributed by atoms with Crippen molar-refractivity contribution in [3.05, 3.63) is 18.2 Å². The second-order valence-electron chi connectivity index (χ2n) is 5.13. The summed E-state index contributed by atoms with van der Waals surface area (Å²) in [5, 5.41) is 5.64. The number of carbonyl (C=O) groups is 1. The molecule has 0 spiro atoms. The second kappa shape index (κ2) is 5.52. The first kappa shape index (κ1) is 13.7. The van der Waals surface area contributed by atoms with Crippen LogP contribution in [0.4, 0.5) is 10.5 Å². The molecule has 2 heterocycles. The van der Waals surface area contributed by atoms with Crippen LogP contribution in [-0.2, 0) is 11.2 Å². The Bertz CT molecular complexity index is 444. The minimum absolute atomic E-state index is 0.0170. The number of urea groups is 1. The minimum Gasteiger partial charge on any atom is -0.373 e. The summed E-state index contributed by atoms with van der Waals surface area (Å²) >= 11 is 0. The van der Waals surface area contributed by atoms with E-state index in [1.165, 1.54) is 0 Å². The summed E-state index contributed by atoms with van der Waals surface area (Å²) in [6.45, 7) is 6.61. The molecule has 0 bridgehead atoms. The molecule has 1 saturated heterocycles. The Morgan fingerprint density at radius 3 is 2.68 bits per heavy atom. The number of rotatable bonds is 3. The minimum atomic E-state index is -0.320. The predicted molar refractivity (Wildman–Crippen MR) is 72.0 cm³/mol. The molecule has 6 heteroatoms. The first-order valence-electron chi connectivity index (χ1n) is 6.53. The van der Waals surface area contributed by atoms with Gasteiger partial charge in [0.25, 0.3) is 0 Å². The van der Waals surface area contributed by atoms with E-state index in [1.807, 2.05) is 20.8 Å². The first-order chi connectivity index (χ1) is 9.01. The highest BCUT2D eigenvalue weighted by molar-refractivity contribution is 5.89. The van der Waals surface area contributed by atoms with Crippen LogP contribution in [0.3, 0.4) is 0 Å². The van der Waals surface area contributed by atoms with Crippen LogP contribution in [0.25, 0.3) is 0 Å². The van der Waals surface area contributed by atoms with Crippen molar-refractivity contribution in [3.8, 4) is 0 Å². The van der Waals surface area contributed by atoms with E-state index in [4.69, 9.17) is 4.74 Å². The molecule has 1 unspecified atom stereocenters. The molecule has 6 nitrogen and oxygen atoms in total. The molecule has 104 valence electrons. The lowest BCUT2D eigenvalue weighted by molar-refractivity contribution is 0.0238. The molecule has 0 saturated carbocycles. The number of aryl methyl sites for hydroxylation is 1. The van der Waals surface area contributed by atoms with E-state index in [1.54, 1.807) is 12.4 Å². The molecule has 1 aromatic heterocycles. The first-order valence-corrected chi connectivity index (χ1v) is 6.53. The molecule has 19 heavy (non-hydrogen) atoms. The van der Waals surface area contributed by atoms with Gasteiger partial charge in [-0.15, -0.1) is 0 Å². The van der Waals surface area contributed by atoms with Gasteiger partial charge in [-0.3, -0.25) is 0 Å². The summed E-state index contributed by atoms with van der Waals surface area (Å²) < 4.78 is 5.57. The van der Waals surface area contributed by atoms with E-state index in [0.29, 0.717) is 12.3 Å². The smallest absolute Gasteiger partial charge is 0.319 e. The van der Waals surface area contributed by atoms with Crippen molar-refractivity contribution in [1.82, 2.24) is 15.3 Å². The fraction of sp³-hybridized carbons (Fsp3) is 0.615. The summed E-state index contributed by atoms with van der Waals surface area (Å²) in [5.41, 5.74) is 0.270. The summed E-state index contributed by atoms with van der Waals surface area (Å²) in [6, 6.07) is -0.236. The topological polar surface area (TPSA) is 76.1 Å². The molecular formula is C13H20N4O2. The third-order valence-corrected chi connectivity index (χ3v) is 3.30. The van der Waals surface area contributed by atoms with Crippen molar-refractivity contribution in [2.24, 2.45) is 0 Å². The van der Waals surface area contributed by atoms with Crippen molar-refractivity contribution in [2.45, 2.75) is 45.3 Å². The number of amides is 2. The molecule has 1 fully saturated rings. The number of anilines is 1. The Hall–Kier alpha value is -1.69. The van der Waals surface area contributed by atoms with Crippen molar-refractivity contribution in [2.75, 3.05) is 11.9 Å². The zero-order valence-corrected chi connectivity index (χ0v) is 11.6. The molecule has 0 radical (unpaired) electrons. The molecule has 2 amide bonds. The number of carbonyl (C=O) groups excluding carboxylic acids is 1. The van der Waals surface area contributed by atoms with Gasteiger partial charge in [-0.2, -0.15) is 0 Å². The molecule has 0 aliphatic carbocycles. The third-order valence-electron chi connectivity index (χ3n) is 3.30. The summed E-state index contributed by atoms with van der Waals surface area (Å²) in [4.78, 5) is 20.1. The number of hydrogen-bond acceptors (Lipinski definition) is 4. The van der Waals surface area contributed by atoms with Crippen LogP contribution in [0.1, 0.15) is 33.0 Å². The van der Waals surface area contributed by atoms with Gasteiger partial charge < -0.3 is 15.4 Å². The Balaban J connectivity index is 1.90. The van der Waals surface area contributed by atoms with Crippen LogP contribution >= 0.6 is 0 Å². The number of aromatic nitrogens is 2. The van der Waals surface area contributed by atoms with Crippen LogP contribution in [0.15, 0.2) is 12.4 Å². The molecule has 1 atom stereocenters. The Morgan fingerprint density at radius 2 is 2.16 bits per heavy atom. The fourth-order valence-electron chi connectivity index (χ4n) is 2.06. The lowest BCUT2D eigenvalue weighted by Gasteiger charge is -2.26. The molecule has 1 aromatic rings. The maximum absolute atomic E-state index is 11.9. The van der Waals surface area contributed by atoms with Crippen molar-refractivity contribution < 1.29 is 9.53 Å². The van der Waals surface area contributed by atoms with E-state index in [0.717, 1.165) is 18.7 Å². The Morgan fingerprint density at radius 1 is 1.47 bits per heavy atom. The third kappa shape index (κ3) is 3.41. The van der Waals surface area contributed by atoms with Crippen molar-refractivity contribution in [3.63, 3.8) is 0 Å². The average Bonchev–Trinajstić information content (AvgIpc) is 2.69. The standard InChI is InChI=1S/C13H20N4O2/c1-4-11-14-7-9(8-15-11)16-12(18)17-10-5-6-19-13(10,2)3/h7-8,10H,4-6H2,1-3H3,(H2,16,17,18). The van der Waals surface area contributed by atoms with Crippen molar-refractivity contribution in [1.29, 1.82) is 0 Å². The van der Waals surface area contributed by atoms with Crippen LogP contribution < -0.4 is 10.6 Å². The molecule has 2 N–H and O–H groups in total. The van der Waals surface area contributed by atoms with Gasteiger partial charge in [-0.25, -0.2) is 14.8 Å². The van der Waals surface area contributed by atoms with Gasteiger partial charge in [-0.05, 0) is 20.3 Å². The SMILES string of the molecule is CCc1ncc(NC(=O)NC2CCOC2(C)C)cn1. The summed E-state index contributed by atoms with van der Waals surface area (Å²) in [7, 11) is 0. The quantitative estimate of drug-likeness (QED) is 0.871. The molecule has 1 aliphatic heterocycles. The van der Waals surface area contributed by atoms with Gasteiger partial charge in [0, 0.05) is 13.0 Å². The monoisotopic (exact) mass is 264 g/mol. The van der Waals surface area contributed by atoms with Gasteiger partial charge in [-0.1, -0.05) is 6.92 Å². The van der Waals surface area contributed by atoms with Gasteiger partial charge >= 0.3 is 6.03 Å². The van der Waals surface area contributed by atoms with Gasteiger partial charge in [0.1, 0.15) is 5.82 Å².